The minimum atomic E-state index is -0.299. The van der Waals surface area contributed by atoms with Crippen molar-refractivity contribution in [2.45, 2.75) is 25.9 Å². The first-order chi connectivity index (χ1) is 9.00. The quantitative estimate of drug-likeness (QED) is 0.690. The summed E-state index contributed by atoms with van der Waals surface area (Å²) in [5.74, 6) is -0.0261. The summed E-state index contributed by atoms with van der Waals surface area (Å²) in [6.45, 7) is 4.74. The second-order valence-corrected chi connectivity index (χ2v) is 5.10. The van der Waals surface area contributed by atoms with Crippen LogP contribution in [-0.2, 0) is 14.3 Å². The molecule has 1 rings (SSSR count). The number of amides is 2. The summed E-state index contributed by atoms with van der Waals surface area (Å²) < 4.78 is 5.30. The molecule has 1 heterocycles. The topological polar surface area (TPSA) is 61.9 Å². The molecular formula is C13H25N3O3. The molecular weight excluding hydrogens is 246 g/mol. The summed E-state index contributed by atoms with van der Waals surface area (Å²) >= 11 is 0. The van der Waals surface area contributed by atoms with Crippen LogP contribution in [0.15, 0.2) is 0 Å². The van der Waals surface area contributed by atoms with Gasteiger partial charge in [0.1, 0.15) is 6.10 Å². The minimum Gasteiger partial charge on any atom is -0.368 e. The van der Waals surface area contributed by atoms with Crippen LogP contribution < -0.4 is 5.32 Å². The number of hydrogen-bond donors (Lipinski definition) is 1. The molecule has 1 aliphatic heterocycles. The number of carbonyl (C=O) groups excluding carboxylic acids is 2. The molecule has 0 bridgehead atoms. The molecule has 1 fully saturated rings. The summed E-state index contributed by atoms with van der Waals surface area (Å²) in [5.41, 5.74) is 0. The molecule has 0 aromatic carbocycles. The van der Waals surface area contributed by atoms with E-state index in [-0.39, 0.29) is 17.9 Å². The molecule has 0 aromatic heterocycles. The van der Waals surface area contributed by atoms with Gasteiger partial charge in [0.15, 0.2) is 0 Å². The number of nitrogens with one attached hydrogen (secondary N) is 1. The van der Waals surface area contributed by atoms with Crippen LogP contribution in [0.1, 0.15) is 19.8 Å². The Morgan fingerprint density at radius 2 is 2.00 bits per heavy atom. The number of rotatable bonds is 7. The van der Waals surface area contributed by atoms with Gasteiger partial charge in [0.05, 0.1) is 0 Å². The van der Waals surface area contributed by atoms with E-state index in [0.717, 1.165) is 19.4 Å². The average Bonchev–Trinajstić information content (AvgIpc) is 2.86. The molecule has 1 saturated heterocycles. The standard InChI is InChI=1S/C13H25N3O3/c1-11(17)16(9-8-15(2)3)7-6-14-13(18)12-5-4-10-19-12/h12H,4-10H2,1-3H3,(H,14,18). The van der Waals surface area contributed by atoms with Crippen LogP contribution in [0.5, 0.6) is 0 Å². The van der Waals surface area contributed by atoms with Crippen LogP contribution in [0.3, 0.4) is 0 Å². The van der Waals surface area contributed by atoms with Crippen molar-refractivity contribution in [1.29, 1.82) is 0 Å². The highest BCUT2D eigenvalue weighted by molar-refractivity contribution is 5.81. The smallest absolute Gasteiger partial charge is 0.249 e. The van der Waals surface area contributed by atoms with Gasteiger partial charge in [-0.15, -0.1) is 0 Å². The van der Waals surface area contributed by atoms with Crippen molar-refractivity contribution >= 4 is 11.8 Å². The summed E-state index contributed by atoms with van der Waals surface area (Å²) in [6, 6.07) is 0. The number of carbonyl (C=O) groups is 2. The van der Waals surface area contributed by atoms with E-state index in [4.69, 9.17) is 4.74 Å². The molecule has 6 nitrogen and oxygen atoms in total. The summed E-state index contributed by atoms with van der Waals surface area (Å²) in [5, 5.41) is 2.83. The lowest BCUT2D eigenvalue weighted by Gasteiger charge is -2.23. The Labute approximate surface area is 115 Å². The van der Waals surface area contributed by atoms with E-state index < -0.39 is 0 Å². The van der Waals surface area contributed by atoms with Gasteiger partial charge >= 0.3 is 0 Å². The van der Waals surface area contributed by atoms with E-state index in [1.165, 1.54) is 0 Å². The van der Waals surface area contributed by atoms with Crippen LogP contribution in [0.4, 0.5) is 0 Å². The fourth-order valence-electron chi connectivity index (χ4n) is 1.96. The zero-order valence-corrected chi connectivity index (χ0v) is 12.1. The van der Waals surface area contributed by atoms with Gasteiger partial charge in [0, 0.05) is 39.7 Å². The Balaban J connectivity index is 2.23. The molecule has 1 N–H and O–H groups in total. The van der Waals surface area contributed by atoms with Gasteiger partial charge in [-0.25, -0.2) is 0 Å². The second kappa shape index (κ2) is 8.12. The highest BCUT2D eigenvalue weighted by atomic mass is 16.5. The molecule has 110 valence electrons. The Morgan fingerprint density at radius 1 is 1.26 bits per heavy atom. The Morgan fingerprint density at radius 3 is 2.53 bits per heavy atom. The van der Waals surface area contributed by atoms with Crippen molar-refractivity contribution in [3.63, 3.8) is 0 Å². The zero-order valence-electron chi connectivity index (χ0n) is 12.1. The third-order valence-corrected chi connectivity index (χ3v) is 3.17. The molecule has 1 unspecified atom stereocenters. The molecule has 2 amide bonds. The summed E-state index contributed by atoms with van der Waals surface area (Å²) in [7, 11) is 3.94. The van der Waals surface area contributed by atoms with Crippen LogP contribution in [-0.4, -0.2) is 74.6 Å². The van der Waals surface area contributed by atoms with Crippen molar-refractivity contribution in [3.05, 3.63) is 0 Å². The predicted octanol–water partition coefficient (Wildman–Crippen LogP) is -0.308. The van der Waals surface area contributed by atoms with Crippen LogP contribution in [0, 0.1) is 0 Å². The van der Waals surface area contributed by atoms with Gasteiger partial charge in [0.25, 0.3) is 0 Å². The molecule has 0 aromatic rings. The molecule has 19 heavy (non-hydrogen) atoms. The second-order valence-electron chi connectivity index (χ2n) is 5.10. The van der Waals surface area contributed by atoms with Gasteiger partial charge in [-0.05, 0) is 26.9 Å². The lowest BCUT2D eigenvalue weighted by molar-refractivity contribution is -0.132. The van der Waals surface area contributed by atoms with Crippen molar-refractivity contribution in [2.24, 2.45) is 0 Å². The third kappa shape index (κ3) is 6.02. The highest BCUT2D eigenvalue weighted by Gasteiger charge is 2.23. The maximum Gasteiger partial charge on any atom is 0.249 e. The van der Waals surface area contributed by atoms with Crippen molar-refractivity contribution in [1.82, 2.24) is 15.1 Å². The zero-order chi connectivity index (χ0) is 14.3. The number of ether oxygens (including phenoxy) is 1. The van der Waals surface area contributed by atoms with Gasteiger partial charge in [-0.2, -0.15) is 0 Å². The Kier molecular flexibility index (Phi) is 6.80. The van der Waals surface area contributed by atoms with Gasteiger partial charge in [-0.3, -0.25) is 9.59 Å². The normalized spacial score (nSPS) is 18.6. The third-order valence-electron chi connectivity index (χ3n) is 3.17. The number of likely N-dealkylation sites (N-methyl/N-ethyl adjacent to an activating group) is 1. The molecule has 1 atom stereocenters. The molecule has 0 saturated carbocycles. The van der Waals surface area contributed by atoms with E-state index in [2.05, 4.69) is 5.32 Å². The van der Waals surface area contributed by atoms with E-state index in [0.29, 0.717) is 26.2 Å². The van der Waals surface area contributed by atoms with Crippen LogP contribution in [0.25, 0.3) is 0 Å². The number of nitrogens with zero attached hydrogens (tertiary/aromatic N) is 2. The fourth-order valence-corrected chi connectivity index (χ4v) is 1.96. The Bertz CT molecular complexity index is 302. The van der Waals surface area contributed by atoms with Crippen molar-refractivity contribution < 1.29 is 14.3 Å². The summed E-state index contributed by atoms with van der Waals surface area (Å²) in [4.78, 5) is 26.9. The SMILES string of the molecule is CC(=O)N(CCNC(=O)C1CCCO1)CCN(C)C. The van der Waals surface area contributed by atoms with Crippen molar-refractivity contribution in [2.75, 3.05) is 46.9 Å². The molecule has 1 aliphatic rings. The monoisotopic (exact) mass is 271 g/mol. The largest absolute Gasteiger partial charge is 0.368 e. The maximum atomic E-state index is 11.7. The van der Waals surface area contributed by atoms with Crippen molar-refractivity contribution in [3.8, 4) is 0 Å². The Hall–Kier alpha value is -1.14. The van der Waals surface area contributed by atoms with Gasteiger partial charge in [-0.1, -0.05) is 0 Å². The summed E-state index contributed by atoms with van der Waals surface area (Å²) in [6.07, 6.45) is 1.44. The maximum absolute atomic E-state index is 11.7. The van der Waals surface area contributed by atoms with E-state index in [1.807, 2.05) is 19.0 Å². The highest BCUT2D eigenvalue weighted by Crippen LogP contribution is 2.11. The minimum absolute atomic E-state index is 0.0354. The first-order valence-electron chi connectivity index (χ1n) is 6.80. The lowest BCUT2D eigenvalue weighted by Crippen LogP contribution is -2.42. The fraction of sp³-hybridized carbons (Fsp3) is 0.846. The van der Waals surface area contributed by atoms with Crippen LogP contribution >= 0.6 is 0 Å². The molecule has 0 aliphatic carbocycles. The molecule has 6 heteroatoms. The van der Waals surface area contributed by atoms with E-state index >= 15 is 0 Å². The van der Waals surface area contributed by atoms with Gasteiger partial charge in [0.2, 0.25) is 11.8 Å². The van der Waals surface area contributed by atoms with E-state index in [9.17, 15) is 9.59 Å². The average molecular weight is 271 g/mol. The predicted molar refractivity (Wildman–Crippen MR) is 72.8 cm³/mol. The number of hydrogen-bond acceptors (Lipinski definition) is 4. The van der Waals surface area contributed by atoms with E-state index in [1.54, 1.807) is 11.8 Å². The molecule has 0 radical (unpaired) electrons. The first kappa shape index (κ1) is 15.9. The first-order valence-corrected chi connectivity index (χ1v) is 6.80. The van der Waals surface area contributed by atoms with Crippen LogP contribution in [0.2, 0.25) is 0 Å². The lowest BCUT2D eigenvalue weighted by atomic mass is 10.2. The molecule has 0 spiro atoms. The van der Waals surface area contributed by atoms with Gasteiger partial charge < -0.3 is 19.9 Å².